The van der Waals surface area contributed by atoms with Crippen LogP contribution in [0, 0.1) is 0 Å². The van der Waals surface area contributed by atoms with Crippen LogP contribution in [-0.4, -0.2) is 31.7 Å². The van der Waals surface area contributed by atoms with Gasteiger partial charge in [-0.2, -0.15) is 0 Å². The minimum Gasteiger partial charge on any atom is -0.337 e. The van der Waals surface area contributed by atoms with Gasteiger partial charge in [0, 0.05) is 6.54 Å². The highest BCUT2D eigenvalue weighted by Crippen LogP contribution is 2.24. The van der Waals surface area contributed by atoms with Gasteiger partial charge in [0.1, 0.15) is 0 Å². The SMILES string of the molecule is NS(=O)(=O)CCNC(=O)Nc1nc2ccccc2s1. The van der Waals surface area contributed by atoms with Crippen molar-refractivity contribution < 1.29 is 13.2 Å². The lowest BCUT2D eigenvalue weighted by Crippen LogP contribution is -2.34. The van der Waals surface area contributed by atoms with Crippen molar-refractivity contribution in [2.24, 2.45) is 5.14 Å². The first-order chi connectivity index (χ1) is 8.94. The zero-order chi connectivity index (χ0) is 13.9. The third kappa shape index (κ3) is 4.16. The predicted molar refractivity (Wildman–Crippen MR) is 74.6 cm³/mol. The second-order valence-corrected chi connectivity index (χ2v) is 6.50. The number of primary sulfonamides is 1. The van der Waals surface area contributed by atoms with Crippen molar-refractivity contribution >= 4 is 42.7 Å². The number of benzene rings is 1. The summed E-state index contributed by atoms with van der Waals surface area (Å²) < 4.78 is 22.3. The molecular formula is C10H12N4O3S2. The quantitative estimate of drug-likeness (QED) is 0.771. The van der Waals surface area contributed by atoms with Gasteiger partial charge in [0.15, 0.2) is 5.13 Å². The predicted octanol–water partition coefficient (Wildman–Crippen LogP) is 0.706. The fraction of sp³-hybridized carbons (Fsp3) is 0.200. The van der Waals surface area contributed by atoms with Crippen molar-refractivity contribution in [1.82, 2.24) is 10.3 Å². The molecule has 0 radical (unpaired) electrons. The van der Waals surface area contributed by atoms with Crippen LogP contribution >= 0.6 is 11.3 Å². The molecule has 0 saturated heterocycles. The molecule has 0 aliphatic carbocycles. The van der Waals surface area contributed by atoms with E-state index in [2.05, 4.69) is 15.6 Å². The number of carbonyl (C=O) groups excluding carboxylic acids is 1. The Bertz CT molecular complexity index is 663. The van der Waals surface area contributed by atoms with Crippen molar-refractivity contribution in [2.75, 3.05) is 17.6 Å². The highest BCUT2D eigenvalue weighted by molar-refractivity contribution is 7.89. The van der Waals surface area contributed by atoms with Gasteiger partial charge in [-0.1, -0.05) is 23.5 Å². The number of carbonyl (C=O) groups is 1. The largest absolute Gasteiger partial charge is 0.337 e. The number of nitrogens with zero attached hydrogens (tertiary/aromatic N) is 1. The van der Waals surface area contributed by atoms with E-state index in [-0.39, 0.29) is 12.3 Å². The molecule has 0 aliphatic heterocycles. The van der Waals surface area contributed by atoms with Gasteiger partial charge in [-0.3, -0.25) is 5.32 Å². The molecule has 0 atom stereocenters. The zero-order valence-corrected chi connectivity index (χ0v) is 11.4. The number of sulfonamides is 1. The van der Waals surface area contributed by atoms with Gasteiger partial charge in [-0.05, 0) is 12.1 Å². The molecule has 0 aliphatic rings. The van der Waals surface area contributed by atoms with Crippen LogP contribution in [0.5, 0.6) is 0 Å². The second-order valence-electron chi connectivity index (χ2n) is 3.73. The van der Waals surface area contributed by atoms with Crippen LogP contribution in [0.2, 0.25) is 0 Å². The third-order valence-corrected chi connectivity index (χ3v) is 3.91. The average molecular weight is 300 g/mol. The molecule has 0 saturated carbocycles. The summed E-state index contributed by atoms with van der Waals surface area (Å²) in [6, 6.07) is 6.98. The first-order valence-electron chi connectivity index (χ1n) is 5.35. The monoisotopic (exact) mass is 300 g/mol. The summed E-state index contributed by atoms with van der Waals surface area (Å²) >= 11 is 1.34. The summed E-state index contributed by atoms with van der Waals surface area (Å²) in [5.41, 5.74) is 0.798. The maximum Gasteiger partial charge on any atom is 0.321 e. The number of nitrogens with one attached hydrogen (secondary N) is 2. The number of rotatable bonds is 4. The number of hydrogen-bond acceptors (Lipinski definition) is 5. The van der Waals surface area contributed by atoms with E-state index >= 15 is 0 Å². The van der Waals surface area contributed by atoms with E-state index in [9.17, 15) is 13.2 Å². The van der Waals surface area contributed by atoms with Crippen LogP contribution in [0.3, 0.4) is 0 Å². The number of fused-ring (bicyclic) bond motifs is 1. The molecule has 102 valence electrons. The zero-order valence-electron chi connectivity index (χ0n) is 9.79. The van der Waals surface area contributed by atoms with Crippen LogP contribution < -0.4 is 15.8 Å². The molecule has 1 aromatic carbocycles. The lowest BCUT2D eigenvalue weighted by atomic mass is 10.3. The molecule has 0 unspecified atom stereocenters. The average Bonchev–Trinajstić information content (AvgIpc) is 2.68. The van der Waals surface area contributed by atoms with Crippen molar-refractivity contribution in [3.8, 4) is 0 Å². The van der Waals surface area contributed by atoms with E-state index in [4.69, 9.17) is 5.14 Å². The number of urea groups is 1. The van der Waals surface area contributed by atoms with Gasteiger partial charge in [-0.15, -0.1) is 0 Å². The van der Waals surface area contributed by atoms with E-state index in [0.717, 1.165) is 10.2 Å². The fourth-order valence-electron chi connectivity index (χ4n) is 1.37. The Labute approximate surface area is 113 Å². The highest BCUT2D eigenvalue weighted by Gasteiger charge is 2.08. The molecule has 2 aromatic rings. The van der Waals surface area contributed by atoms with Gasteiger partial charge in [-0.25, -0.2) is 23.3 Å². The van der Waals surface area contributed by atoms with E-state index in [1.54, 1.807) is 0 Å². The van der Waals surface area contributed by atoms with Crippen LogP contribution in [0.4, 0.5) is 9.93 Å². The molecule has 0 spiro atoms. The molecule has 0 fully saturated rings. The van der Waals surface area contributed by atoms with Crippen LogP contribution in [0.15, 0.2) is 24.3 Å². The van der Waals surface area contributed by atoms with Gasteiger partial charge in [0.05, 0.1) is 16.0 Å². The molecule has 0 bridgehead atoms. The molecule has 7 nitrogen and oxygen atoms in total. The standard InChI is InChI=1S/C10H12N4O3S2/c11-19(16,17)6-5-12-9(15)14-10-13-7-3-1-2-4-8(7)18-10/h1-4H,5-6H2,(H2,11,16,17)(H2,12,13,14,15). The summed E-state index contributed by atoms with van der Waals surface area (Å²) in [4.78, 5) is 15.7. The Balaban J connectivity index is 1.92. The van der Waals surface area contributed by atoms with Crippen LogP contribution in [-0.2, 0) is 10.0 Å². The van der Waals surface area contributed by atoms with Crippen molar-refractivity contribution in [2.45, 2.75) is 0 Å². The minimum absolute atomic E-state index is 0.0461. The van der Waals surface area contributed by atoms with E-state index in [1.807, 2.05) is 24.3 Å². The van der Waals surface area contributed by atoms with Crippen molar-refractivity contribution in [3.05, 3.63) is 24.3 Å². The van der Waals surface area contributed by atoms with Crippen LogP contribution in [0.25, 0.3) is 10.2 Å². The normalized spacial score (nSPS) is 11.4. The van der Waals surface area contributed by atoms with Crippen molar-refractivity contribution in [3.63, 3.8) is 0 Å². The van der Waals surface area contributed by atoms with Gasteiger partial charge < -0.3 is 5.32 Å². The maximum absolute atomic E-state index is 11.5. The Kier molecular flexibility index (Phi) is 3.98. The Morgan fingerprint density at radius 3 is 2.79 bits per heavy atom. The number of aromatic nitrogens is 1. The Hall–Kier alpha value is -1.71. The summed E-state index contributed by atoms with van der Waals surface area (Å²) in [6.07, 6.45) is 0. The van der Waals surface area contributed by atoms with Crippen molar-refractivity contribution in [1.29, 1.82) is 0 Å². The summed E-state index contributed by atoms with van der Waals surface area (Å²) in [7, 11) is -3.57. The van der Waals surface area contributed by atoms with E-state index < -0.39 is 16.1 Å². The van der Waals surface area contributed by atoms with Gasteiger partial charge in [0.25, 0.3) is 0 Å². The number of hydrogen-bond donors (Lipinski definition) is 3. The highest BCUT2D eigenvalue weighted by atomic mass is 32.2. The van der Waals surface area contributed by atoms with Gasteiger partial charge in [0.2, 0.25) is 10.0 Å². The first kappa shape index (κ1) is 13.7. The Morgan fingerprint density at radius 2 is 2.11 bits per heavy atom. The first-order valence-corrected chi connectivity index (χ1v) is 7.88. The summed E-state index contributed by atoms with van der Waals surface area (Å²) in [5, 5.41) is 10.2. The number of anilines is 1. The molecular weight excluding hydrogens is 288 g/mol. The number of para-hydroxylation sites is 1. The molecule has 19 heavy (non-hydrogen) atoms. The summed E-state index contributed by atoms with van der Waals surface area (Å²) in [6.45, 7) is -0.0461. The molecule has 2 amide bonds. The van der Waals surface area contributed by atoms with Crippen LogP contribution in [0.1, 0.15) is 0 Å². The molecule has 1 aromatic heterocycles. The molecule has 9 heteroatoms. The molecule has 4 N–H and O–H groups in total. The molecule has 1 heterocycles. The fourth-order valence-corrected chi connectivity index (χ4v) is 2.62. The maximum atomic E-state index is 11.5. The second kappa shape index (κ2) is 5.51. The van der Waals surface area contributed by atoms with E-state index in [0.29, 0.717) is 5.13 Å². The lowest BCUT2D eigenvalue weighted by molar-refractivity contribution is 0.252. The lowest BCUT2D eigenvalue weighted by Gasteiger charge is -2.03. The number of nitrogens with two attached hydrogens (primary N) is 1. The van der Waals surface area contributed by atoms with Gasteiger partial charge >= 0.3 is 6.03 Å². The topological polar surface area (TPSA) is 114 Å². The minimum atomic E-state index is -3.57. The number of thiazole rings is 1. The smallest absolute Gasteiger partial charge is 0.321 e. The summed E-state index contributed by atoms with van der Waals surface area (Å²) in [5.74, 6) is -0.305. The van der Waals surface area contributed by atoms with E-state index in [1.165, 1.54) is 11.3 Å². The Morgan fingerprint density at radius 1 is 1.37 bits per heavy atom. The third-order valence-electron chi connectivity index (χ3n) is 2.19. The molecule has 2 rings (SSSR count). The number of amides is 2.